The molecule has 2 N–H and O–H groups in total. The van der Waals surface area contributed by atoms with Gasteiger partial charge in [-0.3, -0.25) is 9.59 Å². The fraction of sp³-hybridized carbons (Fsp3) is 0.192. The molecule has 6 nitrogen and oxygen atoms in total. The lowest BCUT2D eigenvalue weighted by atomic mass is 10.1. The van der Waals surface area contributed by atoms with Crippen molar-refractivity contribution in [1.29, 1.82) is 0 Å². The lowest BCUT2D eigenvalue weighted by Gasteiger charge is -2.20. The van der Waals surface area contributed by atoms with Crippen LogP contribution in [0.15, 0.2) is 77.9 Å². The Morgan fingerprint density at radius 2 is 1.53 bits per heavy atom. The summed E-state index contributed by atoms with van der Waals surface area (Å²) in [5, 5.41) is 6.89. The lowest BCUT2D eigenvalue weighted by Crippen LogP contribution is -2.21. The summed E-state index contributed by atoms with van der Waals surface area (Å²) in [6.07, 6.45) is 1.61. The molecule has 0 bridgehead atoms. The standard InChI is InChI=1S/C26H28N4O2/c1-4-30(5-2)23-16-10-20(11-17-23)18-27-29-25(31)21-12-14-22(15-13-21)28-26(32)24-9-7-6-8-19(24)3/h6-18H,4-5H2,1-3H3,(H,28,32)(H,29,31)/b27-18-. The Hall–Kier alpha value is -3.93. The molecular weight excluding hydrogens is 400 g/mol. The summed E-state index contributed by atoms with van der Waals surface area (Å²) in [6, 6.07) is 22.1. The first-order chi connectivity index (χ1) is 15.5. The van der Waals surface area contributed by atoms with Gasteiger partial charge in [0.25, 0.3) is 11.8 Å². The largest absolute Gasteiger partial charge is 0.372 e. The highest BCUT2D eigenvalue weighted by Gasteiger charge is 2.09. The maximum atomic E-state index is 12.4. The van der Waals surface area contributed by atoms with E-state index in [0.717, 1.165) is 29.9 Å². The minimum Gasteiger partial charge on any atom is -0.372 e. The summed E-state index contributed by atoms with van der Waals surface area (Å²) in [7, 11) is 0. The van der Waals surface area contributed by atoms with Crippen LogP contribution in [-0.2, 0) is 0 Å². The second-order valence-electron chi connectivity index (χ2n) is 7.31. The van der Waals surface area contributed by atoms with E-state index >= 15 is 0 Å². The Kier molecular flexibility index (Phi) is 7.75. The zero-order valence-electron chi connectivity index (χ0n) is 18.6. The highest BCUT2D eigenvalue weighted by molar-refractivity contribution is 6.05. The molecule has 3 rings (SSSR count). The minimum absolute atomic E-state index is 0.183. The van der Waals surface area contributed by atoms with E-state index in [4.69, 9.17) is 0 Å². The third-order valence-electron chi connectivity index (χ3n) is 5.20. The minimum atomic E-state index is -0.321. The summed E-state index contributed by atoms with van der Waals surface area (Å²) >= 11 is 0. The maximum Gasteiger partial charge on any atom is 0.271 e. The summed E-state index contributed by atoms with van der Waals surface area (Å²) in [4.78, 5) is 27.0. The topological polar surface area (TPSA) is 73.8 Å². The summed E-state index contributed by atoms with van der Waals surface area (Å²) in [5.41, 5.74) is 7.18. The van der Waals surface area contributed by atoms with Gasteiger partial charge in [0, 0.05) is 35.6 Å². The molecule has 0 saturated heterocycles. The Labute approximate surface area is 189 Å². The van der Waals surface area contributed by atoms with Crippen LogP contribution in [0, 0.1) is 6.92 Å². The van der Waals surface area contributed by atoms with Gasteiger partial charge in [0.05, 0.1) is 6.21 Å². The van der Waals surface area contributed by atoms with Gasteiger partial charge in [-0.15, -0.1) is 0 Å². The number of anilines is 2. The number of hydrogen-bond donors (Lipinski definition) is 2. The van der Waals surface area contributed by atoms with Crippen molar-refractivity contribution in [2.24, 2.45) is 5.10 Å². The van der Waals surface area contributed by atoms with Gasteiger partial charge in [-0.1, -0.05) is 30.3 Å². The lowest BCUT2D eigenvalue weighted by molar-refractivity contribution is 0.0954. The molecule has 3 aromatic rings. The molecule has 0 aromatic heterocycles. The highest BCUT2D eigenvalue weighted by atomic mass is 16.2. The molecule has 0 heterocycles. The third-order valence-corrected chi connectivity index (χ3v) is 5.20. The van der Waals surface area contributed by atoms with E-state index in [1.54, 1.807) is 36.5 Å². The van der Waals surface area contributed by atoms with E-state index < -0.39 is 0 Å². The number of nitrogens with one attached hydrogen (secondary N) is 2. The Morgan fingerprint density at radius 1 is 0.875 bits per heavy atom. The van der Waals surface area contributed by atoms with Crippen LogP contribution in [0.1, 0.15) is 45.7 Å². The van der Waals surface area contributed by atoms with Gasteiger partial charge in [0.15, 0.2) is 0 Å². The maximum absolute atomic E-state index is 12.4. The van der Waals surface area contributed by atoms with Crippen molar-refractivity contribution >= 4 is 29.4 Å². The van der Waals surface area contributed by atoms with Crippen LogP contribution in [-0.4, -0.2) is 31.1 Å². The third kappa shape index (κ3) is 5.82. The van der Waals surface area contributed by atoms with Gasteiger partial charge < -0.3 is 10.2 Å². The van der Waals surface area contributed by atoms with Gasteiger partial charge in [-0.05, 0) is 74.4 Å². The van der Waals surface area contributed by atoms with Crippen molar-refractivity contribution in [3.8, 4) is 0 Å². The molecule has 0 aliphatic carbocycles. The van der Waals surface area contributed by atoms with Gasteiger partial charge in [-0.25, -0.2) is 5.43 Å². The molecular formula is C26H28N4O2. The average molecular weight is 429 g/mol. The summed E-state index contributed by atoms with van der Waals surface area (Å²) in [6.45, 7) is 8.04. The molecule has 0 fully saturated rings. The molecule has 0 aliphatic heterocycles. The molecule has 2 amide bonds. The van der Waals surface area contributed by atoms with E-state index in [1.165, 1.54) is 0 Å². The van der Waals surface area contributed by atoms with Crippen molar-refractivity contribution in [3.63, 3.8) is 0 Å². The van der Waals surface area contributed by atoms with Gasteiger partial charge in [-0.2, -0.15) is 5.10 Å². The SMILES string of the molecule is CCN(CC)c1ccc(/C=N\NC(=O)c2ccc(NC(=O)c3ccccc3C)cc2)cc1. The number of amides is 2. The number of hydrogen-bond acceptors (Lipinski definition) is 4. The normalized spacial score (nSPS) is 10.7. The number of hydrazone groups is 1. The molecule has 164 valence electrons. The van der Waals surface area contributed by atoms with Crippen LogP contribution >= 0.6 is 0 Å². The van der Waals surface area contributed by atoms with Crippen LogP contribution in [0.4, 0.5) is 11.4 Å². The first-order valence-corrected chi connectivity index (χ1v) is 10.7. The van der Waals surface area contributed by atoms with Crippen molar-refractivity contribution in [2.45, 2.75) is 20.8 Å². The first kappa shape index (κ1) is 22.7. The first-order valence-electron chi connectivity index (χ1n) is 10.7. The van der Waals surface area contributed by atoms with Crippen molar-refractivity contribution in [2.75, 3.05) is 23.3 Å². The molecule has 6 heteroatoms. The van der Waals surface area contributed by atoms with Crippen LogP contribution in [0.25, 0.3) is 0 Å². The smallest absolute Gasteiger partial charge is 0.271 e. The van der Waals surface area contributed by atoms with E-state index in [1.807, 2.05) is 49.4 Å². The molecule has 0 aliphatic rings. The number of aryl methyl sites for hydroxylation is 1. The highest BCUT2D eigenvalue weighted by Crippen LogP contribution is 2.15. The Morgan fingerprint density at radius 3 is 2.16 bits per heavy atom. The predicted octanol–water partition coefficient (Wildman–Crippen LogP) is 4.86. The average Bonchev–Trinajstić information content (AvgIpc) is 2.81. The number of carbonyl (C=O) groups excluding carboxylic acids is 2. The van der Waals surface area contributed by atoms with Crippen LogP contribution in [0.2, 0.25) is 0 Å². The molecule has 0 radical (unpaired) electrons. The van der Waals surface area contributed by atoms with Crippen LogP contribution in [0.5, 0.6) is 0 Å². The fourth-order valence-corrected chi connectivity index (χ4v) is 3.32. The molecule has 0 spiro atoms. The summed E-state index contributed by atoms with van der Waals surface area (Å²) < 4.78 is 0. The van der Waals surface area contributed by atoms with Gasteiger partial charge >= 0.3 is 0 Å². The second-order valence-corrected chi connectivity index (χ2v) is 7.31. The number of carbonyl (C=O) groups is 2. The quantitative estimate of drug-likeness (QED) is 0.398. The second kappa shape index (κ2) is 10.9. The van der Waals surface area contributed by atoms with Crippen molar-refractivity contribution < 1.29 is 9.59 Å². The number of nitrogens with zero attached hydrogens (tertiary/aromatic N) is 2. The van der Waals surface area contributed by atoms with Crippen molar-refractivity contribution in [3.05, 3.63) is 95.1 Å². The molecule has 0 atom stereocenters. The number of rotatable bonds is 8. The predicted molar refractivity (Wildman–Crippen MR) is 131 cm³/mol. The van der Waals surface area contributed by atoms with Crippen LogP contribution < -0.4 is 15.6 Å². The van der Waals surface area contributed by atoms with Gasteiger partial charge in [0.2, 0.25) is 0 Å². The van der Waals surface area contributed by atoms with E-state index in [2.05, 4.69) is 34.6 Å². The number of benzene rings is 3. The zero-order chi connectivity index (χ0) is 22.9. The van der Waals surface area contributed by atoms with E-state index in [9.17, 15) is 9.59 Å². The molecule has 3 aromatic carbocycles. The fourth-order valence-electron chi connectivity index (χ4n) is 3.32. The molecule has 0 unspecified atom stereocenters. The van der Waals surface area contributed by atoms with Gasteiger partial charge in [0.1, 0.15) is 0 Å². The monoisotopic (exact) mass is 428 g/mol. The van der Waals surface area contributed by atoms with E-state index in [-0.39, 0.29) is 11.8 Å². The Balaban J connectivity index is 1.55. The molecule has 0 saturated carbocycles. The summed E-state index contributed by atoms with van der Waals surface area (Å²) in [5.74, 6) is -0.505. The molecule has 32 heavy (non-hydrogen) atoms. The van der Waals surface area contributed by atoms with Crippen LogP contribution in [0.3, 0.4) is 0 Å². The zero-order valence-corrected chi connectivity index (χ0v) is 18.6. The Bertz CT molecular complexity index is 1090. The van der Waals surface area contributed by atoms with E-state index in [0.29, 0.717) is 16.8 Å². The van der Waals surface area contributed by atoms with Crippen molar-refractivity contribution in [1.82, 2.24) is 5.43 Å².